The van der Waals surface area contributed by atoms with Crippen LogP contribution < -0.4 is 5.32 Å². The van der Waals surface area contributed by atoms with Crippen molar-refractivity contribution in [2.24, 2.45) is 11.8 Å². The maximum absolute atomic E-state index is 3.71. The molecular formula is C14H30N2. The van der Waals surface area contributed by atoms with Gasteiger partial charge in [-0.1, -0.05) is 20.8 Å². The van der Waals surface area contributed by atoms with E-state index in [2.05, 4.69) is 51.8 Å². The molecular weight excluding hydrogens is 196 g/mol. The second kappa shape index (κ2) is 5.50. The Labute approximate surface area is 102 Å². The van der Waals surface area contributed by atoms with Crippen molar-refractivity contribution in [1.82, 2.24) is 10.2 Å². The largest absolute Gasteiger partial charge is 0.312 e. The van der Waals surface area contributed by atoms with E-state index in [4.69, 9.17) is 0 Å². The summed E-state index contributed by atoms with van der Waals surface area (Å²) in [6, 6.07) is 0.686. The molecule has 1 N–H and O–H groups in total. The van der Waals surface area contributed by atoms with Gasteiger partial charge in [0.1, 0.15) is 0 Å². The van der Waals surface area contributed by atoms with Gasteiger partial charge in [0.25, 0.3) is 0 Å². The van der Waals surface area contributed by atoms with Crippen molar-refractivity contribution in [3.05, 3.63) is 0 Å². The first-order valence-electron chi connectivity index (χ1n) is 6.77. The van der Waals surface area contributed by atoms with Crippen LogP contribution >= 0.6 is 0 Å². The van der Waals surface area contributed by atoms with Crippen molar-refractivity contribution in [2.75, 3.05) is 19.6 Å². The molecule has 0 aromatic carbocycles. The van der Waals surface area contributed by atoms with Crippen LogP contribution in [0.2, 0.25) is 0 Å². The van der Waals surface area contributed by atoms with Crippen molar-refractivity contribution in [2.45, 2.75) is 59.5 Å². The average Bonchev–Trinajstić information content (AvgIpc) is 2.12. The van der Waals surface area contributed by atoms with E-state index in [0.29, 0.717) is 11.6 Å². The number of hydrogen-bond donors (Lipinski definition) is 1. The van der Waals surface area contributed by atoms with Gasteiger partial charge in [-0.25, -0.2) is 0 Å². The first-order valence-corrected chi connectivity index (χ1v) is 6.77. The minimum Gasteiger partial charge on any atom is -0.312 e. The minimum absolute atomic E-state index is 0.312. The molecule has 0 spiro atoms. The molecule has 0 saturated carbocycles. The van der Waals surface area contributed by atoms with Crippen LogP contribution in [0.15, 0.2) is 0 Å². The molecule has 0 aromatic rings. The Morgan fingerprint density at radius 2 is 1.88 bits per heavy atom. The van der Waals surface area contributed by atoms with E-state index in [1.807, 2.05) is 0 Å². The van der Waals surface area contributed by atoms with Gasteiger partial charge < -0.3 is 5.32 Å². The summed E-state index contributed by atoms with van der Waals surface area (Å²) in [5, 5.41) is 3.71. The molecule has 0 aliphatic carbocycles. The van der Waals surface area contributed by atoms with Gasteiger partial charge in [0, 0.05) is 24.7 Å². The van der Waals surface area contributed by atoms with E-state index >= 15 is 0 Å². The van der Waals surface area contributed by atoms with Gasteiger partial charge in [0.15, 0.2) is 0 Å². The molecule has 1 aliphatic rings. The van der Waals surface area contributed by atoms with Crippen molar-refractivity contribution in [3.8, 4) is 0 Å². The molecule has 16 heavy (non-hydrogen) atoms. The SMILES string of the molecule is CC(C)CN[C@H]1C[C@@H](C)CN(C(C)(C)C)C1. The molecule has 96 valence electrons. The molecule has 2 heteroatoms. The van der Waals surface area contributed by atoms with Gasteiger partial charge in [0.2, 0.25) is 0 Å². The number of nitrogens with zero attached hydrogens (tertiary/aromatic N) is 1. The van der Waals surface area contributed by atoms with Crippen LogP contribution in [0.4, 0.5) is 0 Å². The van der Waals surface area contributed by atoms with Crippen molar-refractivity contribution in [3.63, 3.8) is 0 Å². The van der Waals surface area contributed by atoms with Gasteiger partial charge in [-0.3, -0.25) is 4.90 Å². The van der Waals surface area contributed by atoms with Gasteiger partial charge >= 0.3 is 0 Å². The Bertz CT molecular complexity index is 205. The van der Waals surface area contributed by atoms with Crippen LogP contribution in [-0.2, 0) is 0 Å². The molecule has 0 aromatic heterocycles. The van der Waals surface area contributed by atoms with Crippen molar-refractivity contribution >= 4 is 0 Å². The summed E-state index contributed by atoms with van der Waals surface area (Å²) >= 11 is 0. The maximum Gasteiger partial charge on any atom is 0.0198 e. The number of nitrogens with one attached hydrogen (secondary N) is 1. The number of piperidine rings is 1. The number of rotatable bonds is 3. The predicted molar refractivity (Wildman–Crippen MR) is 71.7 cm³/mol. The van der Waals surface area contributed by atoms with Crippen LogP contribution in [0, 0.1) is 11.8 Å². The lowest BCUT2D eigenvalue weighted by atomic mass is 9.91. The number of likely N-dealkylation sites (tertiary alicyclic amines) is 1. The van der Waals surface area contributed by atoms with Crippen LogP contribution in [-0.4, -0.2) is 36.1 Å². The van der Waals surface area contributed by atoms with Crippen LogP contribution in [0.5, 0.6) is 0 Å². The Hall–Kier alpha value is -0.0800. The Morgan fingerprint density at radius 3 is 2.38 bits per heavy atom. The standard InChI is InChI=1S/C14H30N2/c1-11(2)8-15-13-7-12(3)9-16(10-13)14(4,5)6/h11-13,15H,7-10H2,1-6H3/t12-,13+/m1/s1. The van der Waals surface area contributed by atoms with E-state index in [1.54, 1.807) is 0 Å². The smallest absolute Gasteiger partial charge is 0.0198 e. The molecule has 0 unspecified atom stereocenters. The van der Waals surface area contributed by atoms with Crippen LogP contribution in [0.25, 0.3) is 0 Å². The molecule has 1 saturated heterocycles. The van der Waals surface area contributed by atoms with Gasteiger partial charge in [0.05, 0.1) is 0 Å². The molecule has 1 fully saturated rings. The van der Waals surface area contributed by atoms with Gasteiger partial charge in [-0.15, -0.1) is 0 Å². The second-order valence-corrected chi connectivity index (χ2v) is 6.92. The first-order chi connectivity index (χ1) is 7.29. The molecule has 2 nitrogen and oxygen atoms in total. The fourth-order valence-corrected chi connectivity index (χ4v) is 2.45. The molecule has 0 amide bonds. The summed E-state index contributed by atoms with van der Waals surface area (Å²) < 4.78 is 0. The quantitative estimate of drug-likeness (QED) is 0.796. The van der Waals surface area contributed by atoms with E-state index in [-0.39, 0.29) is 0 Å². The molecule has 2 atom stereocenters. The summed E-state index contributed by atoms with van der Waals surface area (Å²) in [6.07, 6.45) is 1.33. The lowest BCUT2D eigenvalue weighted by molar-refractivity contribution is 0.0634. The summed E-state index contributed by atoms with van der Waals surface area (Å²) in [5.74, 6) is 1.57. The van der Waals surface area contributed by atoms with E-state index in [1.165, 1.54) is 19.5 Å². The highest BCUT2D eigenvalue weighted by Gasteiger charge is 2.30. The fourth-order valence-electron chi connectivity index (χ4n) is 2.45. The maximum atomic E-state index is 3.71. The monoisotopic (exact) mass is 226 g/mol. The predicted octanol–water partition coefficient (Wildman–Crippen LogP) is 2.74. The number of hydrogen-bond acceptors (Lipinski definition) is 2. The normalized spacial score (nSPS) is 28.7. The van der Waals surface area contributed by atoms with E-state index in [9.17, 15) is 0 Å². The molecule has 0 radical (unpaired) electrons. The highest BCUT2D eigenvalue weighted by atomic mass is 15.2. The summed E-state index contributed by atoms with van der Waals surface area (Å²) in [4.78, 5) is 2.62. The minimum atomic E-state index is 0.312. The molecule has 1 aliphatic heterocycles. The van der Waals surface area contributed by atoms with Crippen LogP contribution in [0.3, 0.4) is 0 Å². The summed E-state index contributed by atoms with van der Waals surface area (Å²) in [5.41, 5.74) is 0.312. The lowest BCUT2D eigenvalue weighted by Crippen LogP contribution is -2.55. The van der Waals surface area contributed by atoms with Crippen LogP contribution in [0.1, 0.15) is 48.0 Å². The van der Waals surface area contributed by atoms with Gasteiger partial charge in [-0.05, 0) is 45.6 Å². The van der Waals surface area contributed by atoms with Gasteiger partial charge in [-0.2, -0.15) is 0 Å². The topological polar surface area (TPSA) is 15.3 Å². The van der Waals surface area contributed by atoms with E-state index < -0.39 is 0 Å². The third kappa shape index (κ3) is 4.42. The van der Waals surface area contributed by atoms with E-state index in [0.717, 1.165) is 18.4 Å². The summed E-state index contributed by atoms with van der Waals surface area (Å²) in [7, 11) is 0. The zero-order valence-corrected chi connectivity index (χ0v) is 12.0. The second-order valence-electron chi connectivity index (χ2n) is 6.92. The first kappa shape index (κ1) is 14.0. The average molecular weight is 226 g/mol. The Morgan fingerprint density at radius 1 is 1.25 bits per heavy atom. The lowest BCUT2D eigenvalue weighted by Gasteiger charge is -2.44. The molecule has 1 heterocycles. The zero-order valence-electron chi connectivity index (χ0n) is 12.0. The third-order valence-corrected chi connectivity index (χ3v) is 3.42. The highest BCUT2D eigenvalue weighted by molar-refractivity contribution is 4.88. The Kier molecular flexibility index (Phi) is 4.81. The fraction of sp³-hybridized carbons (Fsp3) is 1.00. The molecule has 0 bridgehead atoms. The summed E-state index contributed by atoms with van der Waals surface area (Å²) in [6.45, 7) is 17.5. The van der Waals surface area contributed by atoms with Crippen molar-refractivity contribution in [1.29, 1.82) is 0 Å². The zero-order chi connectivity index (χ0) is 12.3. The highest BCUT2D eigenvalue weighted by Crippen LogP contribution is 2.23. The third-order valence-electron chi connectivity index (χ3n) is 3.42. The molecule has 1 rings (SSSR count). The Balaban J connectivity index is 2.48. The van der Waals surface area contributed by atoms with Crippen molar-refractivity contribution < 1.29 is 0 Å².